The van der Waals surface area contributed by atoms with E-state index < -0.39 is 0 Å². The number of hydrogen-bond donors (Lipinski definition) is 1. The molecule has 1 aromatic heterocycles. The lowest BCUT2D eigenvalue weighted by molar-refractivity contribution is -0.122. The molecule has 5 heteroatoms. The second kappa shape index (κ2) is 3.94. The fraction of sp³-hybridized carbons (Fsp3) is 0.200. The van der Waals surface area contributed by atoms with Gasteiger partial charge in [-0.05, 0) is 36.9 Å². The molecule has 0 saturated carbocycles. The van der Waals surface area contributed by atoms with Gasteiger partial charge in [-0.1, -0.05) is 0 Å². The summed E-state index contributed by atoms with van der Waals surface area (Å²) in [5.74, 6) is -0.206. The van der Waals surface area contributed by atoms with Gasteiger partial charge in [0.15, 0.2) is 0 Å². The van der Waals surface area contributed by atoms with Crippen LogP contribution < -0.4 is 0 Å². The number of carbonyl (C=O) groups is 2. The summed E-state index contributed by atoms with van der Waals surface area (Å²) < 4.78 is 0. The largest absolute Gasteiger partial charge is 0.362 e. The monoisotopic (exact) mass is 222 g/mol. The van der Waals surface area contributed by atoms with Gasteiger partial charge < -0.3 is 4.98 Å². The number of nitrogens with zero attached hydrogens (tertiary/aromatic N) is 1. The Morgan fingerprint density at radius 2 is 2.33 bits per heavy atom. The molecule has 2 amide bonds. The third-order valence-corrected chi connectivity index (χ3v) is 3.01. The van der Waals surface area contributed by atoms with Crippen LogP contribution in [0.5, 0.6) is 0 Å². The summed E-state index contributed by atoms with van der Waals surface area (Å²) in [7, 11) is 0. The minimum absolute atomic E-state index is 0.194. The summed E-state index contributed by atoms with van der Waals surface area (Å²) in [5, 5.41) is -0.194. The van der Waals surface area contributed by atoms with Crippen LogP contribution in [0, 0.1) is 0 Å². The summed E-state index contributed by atoms with van der Waals surface area (Å²) in [6.07, 6.45) is 3.47. The van der Waals surface area contributed by atoms with E-state index in [9.17, 15) is 9.59 Å². The minimum atomic E-state index is -0.206. The molecule has 1 aliphatic heterocycles. The third-order valence-electron chi connectivity index (χ3n) is 2.10. The lowest BCUT2D eigenvalue weighted by Gasteiger charge is -2.06. The molecule has 1 saturated heterocycles. The van der Waals surface area contributed by atoms with Gasteiger partial charge in [-0.2, -0.15) is 0 Å². The zero-order valence-corrected chi connectivity index (χ0v) is 9.00. The van der Waals surface area contributed by atoms with Gasteiger partial charge in [0.1, 0.15) is 0 Å². The molecule has 1 N–H and O–H groups in total. The standard InChI is InChI=1S/C10H10N2O2S/c1-2-12-9(13)8(15-10(12)14)6-7-4-3-5-11-7/h3-6,11H,2H2,1H3/b8-6-. The first-order chi connectivity index (χ1) is 7.22. The van der Waals surface area contributed by atoms with Crippen molar-refractivity contribution in [1.82, 2.24) is 9.88 Å². The highest BCUT2D eigenvalue weighted by molar-refractivity contribution is 8.18. The molecule has 2 rings (SSSR count). The van der Waals surface area contributed by atoms with Crippen molar-refractivity contribution in [2.24, 2.45) is 0 Å². The molecule has 1 aromatic rings. The number of thioether (sulfide) groups is 1. The molecular formula is C10H10N2O2S. The number of H-pyrrole nitrogens is 1. The van der Waals surface area contributed by atoms with Crippen molar-refractivity contribution in [2.45, 2.75) is 6.92 Å². The zero-order chi connectivity index (χ0) is 10.8. The van der Waals surface area contributed by atoms with Gasteiger partial charge in [0.05, 0.1) is 4.91 Å². The van der Waals surface area contributed by atoms with Crippen LogP contribution in [0.15, 0.2) is 23.2 Å². The number of imide groups is 1. The normalized spacial score (nSPS) is 19.3. The van der Waals surface area contributed by atoms with Crippen molar-refractivity contribution >= 4 is 29.0 Å². The maximum atomic E-state index is 11.7. The van der Waals surface area contributed by atoms with Gasteiger partial charge in [-0.25, -0.2) is 0 Å². The number of aromatic nitrogens is 1. The van der Waals surface area contributed by atoms with Gasteiger partial charge >= 0.3 is 0 Å². The summed E-state index contributed by atoms with van der Waals surface area (Å²) in [4.78, 5) is 27.7. The molecule has 0 aliphatic carbocycles. The Bertz CT molecular complexity index is 423. The van der Waals surface area contributed by atoms with Crippen LogP contribution in [0.1, 0.15) is 12.6 Å². The SMILES string of the molecule is CCN1C(=O)S/C(=C\c2ccc[nH]2)C1=O. The average Bonchev–Trinajstić information content (AvgIpc) is 2.78. The fourth-order valence-electron chi connectivity index (χ4n) is 1.35. The quantitative estimate of drug-likeness (QED) is 0.779. The molecule has 2 heterocycles. The maximum Gasteiger partial charge on any atom is 0.293 e. The Morgan fingerprint density at radius 1 is 1.53 bits per heavy atom. The highest BCUT2D eigenvalue weighted by Gasteiger charge is 2.33. The van der Waals surface area contributed by atoms with Crippen molar-refractivity contribution in [3.63, 3.8) is 0 Å². The Balaban J connectivity index is 2.26. The predicted molar refractivity (Wildman–Crippen MR) is 59.1 cm³/mol. The summed E-state index contributed by atoms with van der Waals surface area (Å²) in [6.45, 7) is 2.21. The number of likely N-dealkylation sites (N-methyl/N-ethyl adjacent to an activating group) is 1. The second-order valence-corrected chi connectivity index (χ2v) is 4.04. The summed E-state index contributed by atoms with van der Waals surface area (Å²) in [6, 6.07) is 3.69. The molecule has 1 fully saturated rings. The Hall–Kier alpha value is -1.49. The van der Waals surface area contributed by atoms with Gasteiger partial charge in [0.25, 0.3) is 11.1 Å². The van der Waals surface area contributed by atoms with Crippen molar-refractivity contribution in [3.05, 3.63) is 28.9 Å². The Kier molecular flexibility index (Phi) is 2.64. The molecular weight excluding hydrogens is 212 g/mol. The first-order valence-corrected chi connectivity index (χ1v) is 5.42. The number of carbonyl (C=O) groups excluding carboxylic acids is 2. The Labute approximate surface area is 91.3 Å². The lowest BCUT2D eigenvalue weighted by atomic mass is 10.3. The van der Waals surface area contributed by atoms with Crippen molar-refractivity contribution in [1.29, 1.82) is 0 Å². The van der Waals surface area contributed by atoms with Crippen LogP contribution in [0.3, 0.4) is 0 Å². The van der Waals surface area contributed by atoms with Crippen LogP contribution in [0.4, 0.5) is 4.79 Å². The van der Waals surface area contributed by atoms with E-state index in [1.165, 1.54) is 4.90 Å². The number of hydrogen-bond acceptors (Lipinski definition) is 3. The van der Waals surface area contributed by atoms with E-state index in [1.807, 2.05) is 12.1 Å². The highest BCUT2D eigenvalue weighted by Crippen LogP contribution is 2.31. The van der Waals surface area contributed by atoms with Crippen LogP contribution >= 0.6 is 11.8 Å². The van der Waals surface area contributed by atoms with Gasteiger partial charge in [-0.3, -0.25) is 14.5 Å². The minimum Gasteiger partial charge on any atom is -0.362 e. The predicted octanol–water partition coefficient (Wildman–Crippen LogP) is 2.07. The first-order valence-electron chi connectivity index (χ1n) is 4.61. The van der Waals surface area contributed by atoms with E-state index in [0.29, 0.717) is 11.4 Å². The lowest BCUT2D eigenvalue weighted by Crippen LogP contribution is -2.27. The topological polar surface area (TPSA) is 53.2 Å². The number of amides is 2. The van der Waals surface area contributed by atoms with Crippen molar-refractivity contribution in [3.8, 4) is 0 Å². The molecule has 4 nitrogen and oxygen atoms in total. The third kappa shape index (κ3) is 1.83. The van der Waals surface area contributed by atoms with Crippen molar-refractivity contribution in [2.75, 3.05) is 6.54 Å². The summed E-state index contributed by atoms with van der Waals surface area (Å²) >= 11 is 0.983. The number of aromatic amines is 1. The first kappa shape index (κ1) is 10.0. The van der Waals surface area contributed by atoms with Crippen LogP contribution in [-0.4, -0.2) is 27.6 Å². The second-order valence-electron chi connectivity index (χ2n) is 3.05. The van der Waals surface area contributed by atoms with Gasteiger partial charge in [0.2, 0.25) is 0 Å². The van der Waals surface area contributed by atoms with Gasteiger partial charge in [-0.15, -0.1) is 0 Å². The number of rotatable bonds is 2. The van der Waals surface area contributed by atoms with Crippen LogP contribution in [-0.2, 0) is 4.79 Å². The molecule has 0 radical (unpaired) electrons. The van der Waals surface area contributed by atoms with Crippen LogP contribution in [0.25, 0.3) is 6.08 Å². The molecule has 0 bridgehead atoms. The molecule has 0 spiro atoms. The van der Waals surface area contributed by atoms with E-state index >= 15 is 0 Å². The van der Waals surface area contributed by atoms with E-state index in [-0.39, 0.29) is 11.1 Å². The van der Waals surface area contributed by atoms with Crippen molar-refractivity contribution < 1.29 is 9.59 Å². The van der Waals surface area contributed by atoms with E-state index in [1.54, 1.807) is 19.2 Å². The fourth-order valence-corrected chi connectivity index (χ4v) is 2.24. The van der Waals surface area contributed by atoms with E-state index in [4.69, 9.17) is 0 Å². The molecule has 0 unspecified atom stereocenters. The highest BCUT2D eigenvalue weighted by atomic mass is 32.2. The molecule has 1 aliphatic rings. The molecule has 0 aromatic carbocycles. The van der Waals surface area contributed by atoms with Crippen LogP contribution in [0.2, 0.25) is 0 Å². The average molecular weight is 222 g/mol. The van der Waals surface area contributed by atoms with Gasteiger partial charge in [0, 0.05) is 18.4 Å². The summed E-state index contributed by atoms with van der Waals surface area (Å²) in [5.41, 5.74) is 0.830. The molecule has 0 atom stereocenters. The van der Waals surface area contributed by atoms with E-state index in [2.05, 4.69) is 4.98 Å². The Morgan fingerprint density at radius 3 is 2.87 bits per heavy atom. The van der Waals surface area contributed by atoms with E-state index in [0.717, 1.165) is 17.5 Å². The maximum absolute atomic E-state index is 11.7. The molecule has 15 heavy (non-hydrogen) atoms. The smallest absolute Gasteiger partial charge is 0.293 e. The number of nitrogens with one attached hydrogen (secondary N) is 1. The molecule has 78 valence electrons. The zero-order valence-electron chi connectivity index (χ0n) is 8.19.